The van der Waals surface area contributed by atoms with Crippen LogP contribution in [0.1, 0.15) is 38.2 Å². The number of carbonyl (C=O) groups excluding carboxylic acids is 2. The molecule has 2 fully saturated rings. The molecular weight excluding hydrogens is 318 g/mol. The summed E-state index contributed by atoms with van der Waals surface area (Å²) in [5, 5.41) is 0.955. The Hall–Kier alpha value is -1.00. The van der Waals surface area contributed by atoms with Crippen LogP contribution in [0.15, 0.2) is 24.3 Å². The minimum atomic E-state index is 0.0794. The lowest BCUT2D eigenvalue weighted by molar-refractivity contribution is -0.129. The van der Waals surface area contributed by atoms with Gasteiger partial charge < -0.3 is 4.90 Å². The number of hydrogen-bond donors (Lipinski definition) is 0. The predicted octanol–water partition coefficient (Wildman–Crippen LogP) is 3.64. The molecule has 5 heteroatoms. The lowest BCUT2D eigenvalue weighted by atomic mass is 9.64. The summed E-state index contributed by atoms with van der Waals surface area (Å²) in [5.41, 5.74) is 1.36. The lowest BCUT2D eigenvalue weighted by Gasteiger charge is -2.45. The topological polar surface area (TPSA) is 37.4 Å². The number of nitrogens with zero attached hydrogens (tertiary/aromatic N) is 1. The van der Waals surface area contributed by atoms with Crippen molar-refractivity contribution in [1.82, 2.24) is 4.90 Å². The van der Waals surface area contributed by atoms with Gasteiger partial charge in [-0.05, 0) is 30.5 Å². The van der Waals surface area contributed by atoms with Gasteiger partial charge in [-0.15, -0.1) is 0 Å². The molecule has 1 aliphatic heterocycles. The first kappa shape index (κ1) is 15.9. The molecular formula is C17H20ClNO2S. The number of rotatable bonds is 4. The van der Waals surface area contributed by atoms with Gasteiger partial charge in [0, 0.05) is 42.1 Å². The molecule has 0 radical (unpaired) electrons. The highest BCUT2D eigenvalue weighted by atomic mass is 35.5. The third-order valence-electron chi connectivity index (χ3n) is 4.77. The Kier molecular flexibility index (Phi) is 4.51. The van der Waals surface area contributed by atoms with E-state index in [0.717, 1.165) is 24.4 Å². The third kappa shape index (κ3) is 3.18. The summed E-state index contributed by atoms with van der Waals surface area (Å²) >= 11 is 7.28. The highest BCUT2D eigenvalue weighted by Crippen LogP contribution is 2.45. The standard InChI is InChI=1S/C17H20ClNO2S/c1-12(20)22-15-9-16(21)19(10-15)11-17(7-2-8-17)13-3-5-14(18)6-4-13/h3-6,15H,2,7-11H2,1H3. The van der Waals surface area contributed by atoms with Gasteiger partial charge in [0.1, 0.15) is 0 Å². The largest absolute Gasteiger partial charge is 0.341 e. The Morgan fingerprint density at radius 2 is 2.05 bits per heavy atom. The van der Waals surface area contributed by atoms with E-state index in [4.69, 9.17) is 11.6 Å². The van der Waals surface area contributed by atoms with Crippen LogP contribution in [0.5, 0.6) is 0 Å². The number of halogens is 1. The Labute approximate surface area is 140 Å². The van der Waals surface area contributed by atoms with Crippen LogP contribution in [-0.2, 0) is 15.0 Å². The van der Waals surface area contributed by atoms with Crippen molar-refractivity contribution in [1.29, 1.82) is 0 Å². The smallest absolute Gasteiger partial charge is 0.223 e. The Morgan fingerprint density at radius 3 is 2.59 bits per heavy atom. The average Bonchev–Trinajstić information content (AvgIpc) is 2.74. The monoisotopic (exact) mass is 337 g/mol. The minimum absolute atomic E-state index is 0.0794. The van der Waals surface area contributed by atoms with Gasteiger partial charge in [0.15, 0.2) is 5.12 Å². The summed E-state index contributed by atoms with van der Waals surface area (Å²) in [6, 6.07) is 8.03. The zero-order valence-corrected chi connectivity index (χ0v) is 14.3. The molecule has 1 atom stereocenters. The molecule has 1 aromatic carbocycles. The maximum absolute atomic E-state index is 12.2. The van der Waals surface area contributed by atoms with Crippen molar-refractivity contribution < 1.29 is 9.59 Å². The molecule has 1 amide bonds. The van der Waals surface area contributed by atoms with E-state index < -0.39 is 0 Å². The Balaban J connectivity index is 1.72. The molecule has 1 saturated heterocycles. The van der Waals surface area contributed by atoms with E-state index in [1.54, 1.807) is 6.92 Å². The first-order chi connectivity index (χ1) is 10.5. The van der Waals surface area contributed by atoms with Gasteiger partial charge >= 0.3 is 0 Å². The van der Waals surface area contributed by atoms with Gasteiger partial charge in [0.2, 0.25) is 5.91 Å². The van der Waals surface area contributed by atoms with Crippen LogP contribution >= 0.6 is 23.4 Å². The molecule has 1 aliphatic carbocycles. The number of thioether (sulfide) groups is 1. The van der Waals surface area contributed by atoms with Gasteiger partial charge in [-0.25, -0.2) is 0 Å². The molecule has 0 spiro atoms. The number of likely N-dealkylation sites (tertiary alicyclic amines) is 1. The lowest BCUT2D eigenvalue weighted by Crippen LogP contribution is -2.46. The Bertz CT molecular complexity index is 583. The first-order valence-corrected chi connectivity index (χ1v) is 8.95. The fraction of sp³-hybridized carbons (Fsp3) is 0.529. The van der Waals surface area contributed by atoms with Crippen molar-refractivity contribution in [2.45, 2.75) is 43.3 Å². The molecule has 22 heavy (non-hydrogen) atoms. The van der Waals surface area contributed by atoms with Crippen LogP contribution in [0.3, 0.4) is 0 Å². The number of benzene rings is 1. The molecule has 0 bridgehead atoms. The van der Waals surface area contributed by atoms with Gasteiger partial charge in [-0.3, -0.25) is 9.59 Å². The summed E-state index contributed by atoms with van der Waals surface area (Å²) < 4.78 is 0. The molecule has 118 valence electrons. The third-order valence-corrected chi connectivity index (χ3v) is 6.01. The molecule has 1 unspecified atom stereocenters. The molecule has 1 heterocycles. The number of amides is 1. The van der Waals surface area contributed by atoms with Crippen LogP contribution in [-0.4, -0.2) is 34.3 Å². The Morgan fingerprint density at radius 1 is 1.36 bits per heavy atom. The fourth-order valence-electron chi connectivity index (χ4n) is 3.51. The van der Waals surface area contributed by atoms with E-state index in [0.29, 0.717) is 13.0 Å². The molecule has 0 N–H and O–H groups in total. The minimum Gasteiger partial charge on any atom is -0.341 e. The SMILES string of the molecule is CC(=O)SC1CC(=O)N(CC2(c3ccc(Cl)cc3)CCC2)C1. The van der Waals surface area contributed by atoms with Crippen molar-refractivity contribution in [2.75, 3.05) is 13.1 Å². The van der Waals surface area contributed by atoms with E-state index in [2.05, 4.69) is 12.1 Å². The van der Waals surface area contributed by atoms with Gasteiger partial charge in [0.05, 0.1) is 0 Å². The molecule has 1 aromatic rings. The second-order valence-electron chi connectivity index (χ2n) is 6.35. The molecule has 2 aliphatic rings. The normalized spacial score (nSPS) is 23.5. The van der Waals surface area contributed by atoms with Gasteiger partial charge in [-0.2, -0.15) is 0 Å². The van der Waals surface area contributed by atoms with Crippen LogP contribution in [0.4, 0.5) is 0 Å². The molecule has 3 rings (SSSR count). The summed E-state index contributed by atoms with van der Waals surface area (Å²) in [6.45, 7) is 3.03. The zero-order chi connectivity index (χ0) is 15.7. The van der Waals surface area contributed by atoms with E-state index in [9.17, 15) is 9.59 Å². The fourth-order valence-corrected chi connectivity index (χ4v) is 4.59. The van der Waals surface area contributed by atoms with Crippen molar-refractivity contribution in [3.05, 3.63) is 34.9 Å². The van der Waals surface area contributed by atoms with Crippen LogP contribution in [0.25, 0.3) is 0 Å². The van der Waals surface area contributed by atoms with E-state index in [-0.39, 0.29) is 21.7 Å². The van der Waals surface area contributed by atoms with Crippen molar-refractivity contribution >= 4 is 34.4 Å². The van der Waals surface area contributed by atoms with E-state index in [1.165, 1.54) is 23.7 Å². The maximum Gasteiger partial charge on any atom is 0.223 e. The van der Waals surface area contributed by atoms with Gasteiger partial charge in [-0.1, -0.05) is 41.9 Å². The highest BCUT2D eigenvalue weighted by molar-refractivity contribution is 8.14. The summed E-state index contributed by atoms with van der Waals surface area (Å²) in [6.07, 6.45) is 3.92. The average molecular weight is 338 g/mol. The molecule has 1 saturated carbocycles. The second-order valence-corrected chi connectivity index (χ2v) is 8.26. The van der Waals surface area contributed by atoms with Crippen LogP contribution in [0, 0.1) is 0 Å². The quantitative estimate of drug-likeness (QED) is 0.841. The molecule has 3 nitrogen and oxygen atoms in total. The summed E-state index contributed by atoms with van der Waals surface area (Å²) in [7, 11) is 0. The highest BCUT2D eigenvalue weighted by Gasteiger charge is 2.43. The van der Waals surface area contributed by atoms with Crippen molar-refractivity contribution in [2.24, 2.45) is 0 Å². The van der Waals surface area contributed by atoms with Crippen molar-refractivity contribution in [3.8, 4) is 0 Å². The molecule has 0 aromatic heterocycles. The zero-order valence-electron chi connectivity index (χ0n) is 12.7. The van der Waals surface area contributed by atoms with E-state index in [1.807, 2.05) is 17.0 Å². The van der Waals surface area contributed by atoms with Crippen LogP contribution < -0.4 is 0 Å². The van der Waals surface area contributed by atoms with Gasteiger partial charge in [0.25, 0.3) is 0 Å². The summed E-state index contributed by atoms with van der Waals surface area (Å²) in [5.74, 6) is 0.180. The van der Waals surface area contributed by atoms with Crippen LogP contribution in [0.2, 0.25) is 5.02 Å². The predicted molar refractivity (Wildman–Crippen MR) is 90.2 cm³/mol. The summed E-state index contributed by atoms with van der Waals surface area (Å²) in [4.78, 5) is 25.4. The number of hydrogen-bond acceptors (Lipinski definition) is 3. The second kappa shape index (κ2) is 6.25. The first-order valence-electron chi connectivity index (χ1n) is 7.70. The maximum atomic E-state index is 12.2. The van der Waals surface area contributed by atoms with Crippen molar-refractivity contribution in [3.63, 3.8) is 0 Å². The van der Waals surface area contributed by atoms with E-state index >= 15 is 0 Å². The number of carbonyl (C=O) groups is 2.